The zero-order valence-electron chi connectivity index (χ0n) is 19.7. The molecule has 0 aromatic carbocycles. The third-order valence-corrected chi connectivity index (χ3v) is 7.14. The van der Waals surface area contributed by atoms with Gasteiger partial charge in [-0.15, -0.1) is 0 Å². The Morgan fingerprint density at radius 2 is 1.22 bits per heavy atom. The van der Waals surface area contributed by atoms with E-state index in [0.717, 1.165) is 44.9 Å². The van der Waals surface area contributed by atoms with E-state index in [4.69, 9.17) is 18.9 Å². The molecular formula is C24H42O8. The smallest absolute Gasteiger partial charge is 0.309 e. The standard InChI is InChI=1S/C24H42O8/c1-29-21-10-9-18(14-22(21)30-2)24(28)32-12-6-4-3-5-11-31-23(27)17-7-8-19(15-25)20(13-17)16-26/h17-22,25-26H,3-16H2,1-2H3. The molecule has 2 N–H and O–H groups in total. The van der Waals surface area contributed by atoms with Gasteiger partial charge >= 0.3 is 11.9 Å². The zero-order chi connectivity index (χ0) is 23.3. The van der Waals surface area contributed by atoms with Crippen molar-refractivity contribution in [1.29, 1.82) is 0 Å². The van der Waals surface area contributed by atoms with Crippen LogP contribution in [0.3, 0.4) is 0 Å². The fourth-order valence-corrected chi connectivity index (χ4v) is 4.98. The molecule has 2 aliphatic carbocycles. The molecule has 0 saturated heterocycles. The summed E-state index contributed by atoms with van der Waals surface area (Å²) in [5.41, 5.74) is 0. The molecule has 8 heteroatoms. The average molecular weight is 459 g/mol. The second-order valence-corrected chi connectivity index (χ2v) is 9.20. The Morgan fingerprint density at radius 3 is 1.75 bits per heavy atom. The minimum absolute atomic E-state index is 0.000957. The first-order chi connectivity index (χ1) is 15.5. The van der Waals surface area contributed by atoms with E-state index in [-0.39, 0.29) is 61.0 Å². The fourth-order valence-electron chi connectivity index (χ4n) is 4.98. The maximum atomic E-state index is 12.3. The second-order valence-electron chi connectivity index (χ2n) is 9.20. The van der Waals surface area contributed by atoms with Gasteiger partial charge in [0.25, 0.3) is 0 Å². The number of ether oxygens (including phenoxy) is 4. The molecule has 0 aliphatic heterocycles. The van der Waals surface area contributed by atoms with Crippen LogP contribution < -0.4 is 0 Å². The number of aliphatic hydroxyl groups excluding tert-OH is 2. The summed E-state index contributed by atoms with van der Waals surface area (Å²) in [6.07, 6.45) is 7.64. The Balaban J connectivity index is 1.50. The van der Waals surface area contributed by atoms with Crippen molar-refractivity contribution in [2.75, 3.05) is 40.6 Å². The largest absolute Gasteiger partial charge is 0.465 e. The van der Waals surface area contributed by atoms with E-state index in [1.807, 2.05) is 0 Å². The van der Waals surface area contributed by atoms with Gasteiger partial charge in [-0.1, -0.05) is 0 Å². The van der Waals surface area contributed by atoms with Crippen molar-refractivity contribution in [2.45, 2.75) is 76.4 Å². The highest BCUT2D eigenvalue weighted by atomic mass is 16.5. The van der Waals surface area contributed by atoms with Crippen molar-refractivity contribution in [3.8, 4) is 0 Å². The molecule has 0 bridgehead atoms. The molecule has 2 rings (SSSR count). The lowest BCUT2D eigenvalue weighted by atomic mass is 9.74. The molecule has 0 heterocycles. The van der Waals surface area contributed by atoms with E-state index in [1.54, 1.807) is 14.2 Å². The topological polar surface area (TPSA) is 112 Å². The van der Waals surface area contributed by atoms with Crippen LogP contribution in [0.4, 0.5) is 0 Å². The number of carbonyl (C=O) groups excluding carboxylic acids is 2. The minimum atomic E-state index is -0.189. The van der Waals surface area contributed by atoms with Gasteiger partial charge in [-0.05, 0) is 76.0 Å². The SMILES string of the molecule is COC1CCC(C(=O)OCCCCCCOC(=O)C2CCC(CO)C(CO)C2)CC1OC. The Hall–Kier alpha value is -1.22. The van der Waals surface area contributed by atoms with E-state index in [2.05, 4.69) is 0 Å². The van der Waals surface area contributed by atoms with Crippen LogP contribution in [0.1, 0.15) is 64.2 Å². The summed E-state index contributed by atoms with van der Waals surface area (Å²) in [5, 5.41) is 18.8. The van der Waals surface area contributed by atoms with Crippen LogP contribution in [0.5, 0.6) is 0 Å². The van der Waals surface area contributed by atoms with E-state index in [1.165, 1.54) is 0 Å². The molecule has 6 unspecified atom stereocenters. The van der Waals surface area contributed by atoms with Crippen LogP contribution in [0.15, 0.2) is 0 Å². The Morgan fingerprint density at radius 1 is 0.688 bits per heavy atom. The van der Waals surface area contributed by atoms with Crippen LogP contribution in [-0.4, -0.2) is 75.0 Å². The number of unbranched alkanes of at least 4 members (excludes halogenated alkanes) is 3. The number of esters is 2. The fraction of sp³-hybridized carbons (Fsp3) is 0.917. The lowest BCUT2D eigenvalue weighted by Crippen LogP contribution is -2.39. The monoisotopic (exact) mass is 458 g/mol. The molecule has 0 spiro atoms. The summed E-state index contributed by atoms with van der Waals surface area (Å²) in [6.45, 7) is 0.868. The number of hydrogen-bond donors (Lipinski definition) is 2. The summed E-state index contributed by atoms with van der Waals surface area (Å²) >= 11 is 0. The maximum Gasteiger partial charge on any atom is 0.309 e. The van der Waals surface area contributed by atoms with Gasteiger partial charge in [-0.25, -0.2) is 0 Å². The van der Waals surface area contributed by atoms with Crippen LogP contribution in [-0.2, 0) is 28.5 Å². The molecule has 186 valence electrons. The predicted octanol–water partition coefficient (Wildman–Crippen LogP) is 2.48. The van der Waals surface area contributed by atoms with Crippen LogP contribution in [0.25, 0.3) is 0 Å². The lowest BCUT2D eigenvalue weighted by Gasteiger charge is -2.33. The molecule has 2 fully saturated rings. The molecule has 0 radical (unpaired) electrons. The van der Waals surface area contributed by atoms with E-state index in [9.17, 15) is 19.8 Å². The number of rotatable bonds is 13. The molecule has 32 heavy (non-hydrogen) atoms. The summed E-state index contributed by atoms with van der Waals surface area (Å²) in [7, 11) is 3.32. The zero-order valence-corrected chi connectivity index (χ0v) is 19.7. The Labute approximate surface area is 191 Å². The minimum Gasteiger partial charge on any atom is -0.465 e. The normalized spacial score (nSPS) is 30.6. The molecule has 8 nitrogen and oxygen atoms in total. The highest BCUT2D eigenvalue weighted by Gasteiger charge is 2.35. The van der Waals surface area contributed by atoms with Gasteiger partial charge < -0.3 is 29.2 Å². The predicted molar refractivity (Wildman–Crippen MR) is 118 cm³/mol. The molecule has 2 saturated carbocycles. The van der Waals surface area contributed by atoms with Gasteiger partial charge in [0.2, 0.25) is 0 Å². The van der Waals surface area contributed by atoms with Crippen molar-refractivity contribution >= 4 is 11.9 Å². The van der Waals surface area contributed by atoms with Crippen molar-refractivity contribution in [3.63, 3.8) is 0 Å². The van der Waals surface area contributed by atoms with E-state index < -0.39 is 0 Å². The third kappa shape index (κ3) is 8.28. The molecule has 0 aromatic rings. The molecule has 2 aliphatic rings. The summed E-state index contributed by atoms with van der Waals surface area (Å²) in [4.78, 5) is 24.6. The first-order valence-electron chi connectivity index (χ1n) is 12.1. The summed E-state index contributed by atoms with van der Waals surface area (Å²) < 4.78 is 21.7. The Bertz CT molecular complexity index is 506. The molecule has 0 aromatic heterocycles. The molecular weight excluding hydrogens is 416 g/mol. The van der Waals surface area contributed by atoms with E-state index in [0.29, 0.717) is 32.5 Å². The molecule has 0 amide bonds. The van der Waals surface area contributed by atoms with E-state index >= 15 is 0 Å². The van der Waals surface area contributed by atoms with Crippen LogP contribution in [0, 0.1) is 23.7 Å². The molecule has 6 atom stereocenters. The highest BCUT2D eigenvalue weighted by molar-refractivity contribution is 5.73. The maximum absolute atomic E-state index is 12.3. The first-order valence-corrected chi connectivity index (χ1v) is 12.1. The number of aliphatic hydroxyl groups is 2. The van der Waals surface area contributed by atoms with Crippen molar-refractivity contribution in [2.24, 2.45) is 23.7 Å². The van der Waals surface area contributed by atoms with Gasteiger partial charge in [0.15, 0.2) is 0 Å². The number of hydrogen-bond acceptors (Lipinski definition) is 8. The summed E-state index contributed by atoms with van der Waals surface area (Å²) in [6, 6.07) is 0. The van der Waals surface area contributed by atoms with Crippen LogP contribution >= 0.6 is 0 Å². The Kier molecular flexibility index (Phi) is 12.5. The van der Waals surface area contributed by atoms with Crippen molar-refractivity contribution in [3.05, 3.63) is 0 Å². The number of carbonyl (C=O) groups is 2. The van der Waals surface area contributed by atoms with Gasteiger partial charge in [-0.3, -0.25) is 9.59 Å². The number of methoxy groups -OCH3 is 2. The quantitative estimate of drug-likeness (QED) is 0.320. The van der Waals surface area contributed by atoms with Gasteiger partial charge in [0, 0.05) is 27.4 Å². The lowest BCUT2D eigenvalue weighted by molar-refractivity contribution is -0.155. The second kappa shape index (κ2) is 14.8. The average Bonchev–Trinajstić information content (AvgIpc) is 2.84. The van der Waals surface area contributed by atoms with Crippen LogP contribution in [0.2, 0.25) is 0 Å². The van der Waals surface area contributed by atoms with Gasteiger partial charge in [0.05, 0.1) is 37.3 Å². The van der Waals surface area contributed by atoms with Gasteiger partial charge in [0.1, 0.15) is 0 Å². The van der Waals surface area contributed by atoms with Gasteiger partial charge in [-0.2, -0.15) is 0 Å². The first kappa shape index (κ1) is 27.0. The van der Waals surface area contributed by atoms with Crippen molar-refractivity contribution < 1.29 is 38.7 Å². The summed E-state index contributed by atoms with van der Waals surface area (Å²) in [5.74, 6) is -0.571. The highest BCUT2D eigenvalue weighted by Crippen LogP contribution is 2.34. The van der Waals surface area contributed by atoms with Crippen molar-refractivity contribution in [1.82, 2.24) is 0 Å². The third-order valence-electron chi connectivity index (χ3n) is 7.14.